The van der Waals surface area contributed by atoms with Gasteiger partial charge < -0.3 is 4.74 Å². The summed E-state index contributed by atoms with van der Waals surface area (Å²) in [5.74, 6) is 2.10. The molecule has 0 fully saturated rings. The van der Waals surface area contributed by atoms with Gasteiger partial charge in [-0.3, -0.25) is 0 Å². The molecule has 1 aromatic carbocycles. The molecule has 1 aliphatic rings. The number of hydrogen-bond donors (Lipinski definition) is 0. The Morgan fingerprint density at radius 2 is 2.25 bits per heavy atom. The van der Waals surface area contributed by atoms with E-state index in [1.807, 2.05) is 6.08 Å². The molecule has 0 atom stereocenters. The molecule has 0 aromatic heterocycles. The first kappa shape index (κ1) is 7.41. The zero-order valence-electron chi connectivity index (χ0n) is 7.48. The van der Waals surface area contributed by atoms with Crippen molar-refractivity contribution in [1.82, 2.24) is 0 Å². The summed E-state index contributed by atoms with van der Waals surface area (Å²) in [4.78, 5) is 0. The number of fused-ring (bicyclic) bond motifs is 1. The Kier molecular flexibility index (Phi) is 1.47. The van der Waals surface area contributed by atoms with Crippen LogP contribution in [0.25, 0.3) is 6.08 Å². The molecular weight excluding hydrogens is 148 g/mol. The summed E-state index contributed by atoms with van der Waals surface area (Å²) in [6.07, 6.45) is 2.92. The highest BCUT2D eigenvalue weighted by molar-refractivity contribution is 5.74. The van der Waals surface area contributed by atoms with Crippen molar-refractivity contribution >= 4 is 6.08 Å². The van der Waals surface area contributed by atoms with Crippen LogP contribution >= 0.6 is 0 Å². The van der Waals surface area contributed by atoms with Crippen molar-refractivity contribution in [2.24, 2.45) is 0 Å². The summed E-state index contributed by atoms with van der Waals surface area (Å²) >= 11 is 0. The van der Waals surface area contributed by atoms with E-state index in [-0.39, 0.29) is 0 Å². The van der Waals surface area contributed by atoms with Gasteiger partial charge in [-0.1, -0.05) is 25.6 Å². The maximum absolute atomic E-state index is 5.36. The van der Waals surface area contributed by atoms with E-state index in [1.54, 1.807) is 0 Å². The fraction of sp³-hybridized carbons (Fsp3) is 0.273. The number of benzene rings is 1. The van der Waals surface area contributed by atoms with Crippen LogP contribution in [0.15, 0.2) is 12.6 Å². The molecule has 0 bridgehead atoms. The lowest BCUT2D eigenvalue weighted by atomic mass is 10.0. The molecule has 0 unspecified atom stereocenters. The maximum atomic E-state index is 5.36. The van der Waals surface area contributed by atoms with E-state index in [0.29, 0.717) is 0 Å². The molecule has 0 saturated carbocycles. The Morgan fingerprint density at radius 3 is 2.83 bits per heavy atom. The predicted molar refractivity (Wildman–Crippen MR) is 50.7 cm³/mol. The van der Waals surface area contributed by atoms with Crippen molar-refractivity contribution in [3.05, 3.63) is 29.3 Å². The number of aryl methyl sites for hydroxylation is 2. The van der Waals surface area contributed by atoms with Crippen LogP contribution in [0.5, 0.6) is 11.5 Å². The summed E-state index contributed by atoms with van der Waals surface area (Å²) in [7, 11) is 0. The molecule has 2 rings (SSSR count). The minimum Gasteiger partial charge on any atom is -0.449 e. The van der Waals surface area contributed by atoms with Gasteiger partial charge in [-0.2, -0.15) is 0 Å². The minimum absolute atomic E-state index is 1.04. The summed E-state index contributed by atoms with van der Waals surface area (Å²) in [5, 5.41) is 0. The molecule has 1 heteroatoms. The number of hydrogen-bond acceptors (Lipinski definition) is 1. The van der Waals surface area contributed by atoms with E-state index in [9.17, 15) is 0 Å². The lowest BCUT2D eigenvalue weighted by Crippen LogP contribution is -1.83. The van der Waals surface area contributed by atoms with E-state index in [4.69, 9.17) is 4.74 Å². The van der Waals surface area contributed by atoms with Crippen LogP contribution in [0, 0.1) is 6.92 Å². The maximum Gasteiger partial charge on any atom is 0.177 e. The summed E-state index contributed by atoms with van der Waals surface area (Å²) in [6, 6.07) is 2.18. The standard InChI is InChI=1S/C11H12O/c1-4-8-6-7(3)10-11(12-10)9(8)5-2/h5-6H,2,4H2,1,3H3. The van der Waals surface area contributed by atoms with Gasteiger partial charge in [-0.15, -0.1) is 0 Å². The first-order valence-electron chi connectivity index (χ1n) is 4.24. The third-order valence-corrected chi connectivity index (χ3v) is 2.29. The van der Waals surface area contributed by atoms with Crippen molar-refractivity contribution < 1.29 is 4.74 Å². The first-order valence-corrected chi connectivity index (χ1v) is 4.24. The summed E-state index contributed by atoms with van der Waals surface area (Å²) < 4.78 is 5.36. The Balaban J connectivity index is 2.62. The van der Waals surface area contributed by atoms with Crippen molar-refractivity contribution in [3.8, 4) is 11.5 Å². The lowest BCUT2D eigenvalue weighted by molar-refractivity contribution is 0.645. The highest BCUT2D eigenvalue weighted by Crippen LogP contribution is 2.52. The van der Waals surface area contributed by atoms with Crippen LogP contribution in [0.4, 0.5) is 0 Å². The van der Waals surface area contributed by atoms with Gasteiger partial charge >= 0.3 is 0 Å². The minimum atomic E-state index is 1.04. The van der Waals surface area contributed by atoms with E-state index in [0.717, 1.165) is 17.9 Å². The molecule has 0 N–H and O–H groups in total. The fourth-order valence-corrected chi connectivity index (χ4v) is 1.58. The normalized spacial score (nSPS) is 11.8. The van der Waals surface area contributed by atoms with Crippen LogP contribution in [-0.2, 0) is 6.42 Å². The van der Waals surface area contributed by atoms with Crippen molar-refractivity contribution in [2.45, 2.75) is 20.3 Å². The van der Waals surface area contributed by atoms with Gasteiger partial charge in [0.05, 0.1) is 0 Å². The van der Waals surface area contributed by atoms with Gasteiger partial charge in [0.15, 0.2) is 11.5 Å². The fourth-order valence-electron chi connectivity index (χ4n) is 1.58. The second kappa shape index (κ2) is 2.37. The molecule has 0 saturated heterocycles. The number of rotatable bonds is 2. The van der Waals surface area contributed by atoms with Crippen LogP contribution in [0.3, 0.4) is 0 Å². The topological polar surface area (TPSA) is 12.5 Å². The van der Waals surface area contributed by atoms with Gasteiger partial charge in [0.25, 0.3) is 0 Å². The Bertz CT molecular complexity index is 351. The molecule has 0 radical (unpaired) electrons. The van der Waals surface area contributed by atoms with E-state index in [2.05, 4.69) is 26.5 Å². The number of ether oxygens (including phenoxy) is 1. The van der Waals surface area contributed by atoms with E-state index >= 15 is 0 Å². The van der Waals surface area contributed by atoms with Crippen molar-refractivity contribution in [1.29, 1.82) is 0 Å². The molecule has 1 nitrogen and oxygen atoms in total. The molecule has 0 amide bonds. The van der Waals surface area contributed by atoms with Crippen LogP contribution in [-0.4, -0.2) is 0 Å². The Labute approximate surface area is 72.7 Å². The second-order valence-electron chi connectivity index (χ2n) is 3.08. The molecule has 62 valence electrons. The molecule has 1 aromatic rings. The third kappa shape index (κ3) is 0.860. The van der Waals surface area contributed by atoms with Crippen LogP contribution in [0.2, 0.25) is 0 Å². The average Bonchev–Trinajstić information content (AvgIpc) is 2.84. The van der Waals surface area contributed by atoms with Gasteiger partial charge in [-0.05, 0) is 24.5 Å². The highest BCUT2D eigenvalue weighted by Gasteiger charge is 2.27. The van der Waals surface area contributed by atoms with Gasteiger partial charge in [0.1, 0.15) is 0 Å². The largest absolute Gasteiger partial charge is 0.449 e. The monoisotopic (exact) mass is 160 g/mol. The molecule has 0 aliphatic carbocycles. The van der Waals surface area contributed by atoms with Crippen LogP contribution < -0.4 is 4.74 Å². The van der Waals surface area contributed by atoms with Crippen molar-refractivity contribution in [2.75, 3.05) is 0 Å². The second-order valence-corrected chi connectivity index (χ2v) is 3.08. The molecule has 1 aliphatic heterocycles. The van der Waals surface area contributed by atoms with Gasteiger partial charge in [-0.25, -0.2) is 0 Å². The zero-order chi connectivity index (χ0) is 8.72. The SMILES string of the molecule is C=Cc1c(CC)cc(C)c2c1O2. The molecule has 12 heavy (non-hydrogen) atoms. The van der Waals surface area contributed by atoms with Gasteiger partial charge in [0.2, 0.25) is 0 Å². The van der Waals surface area contributed by atoms with Crippen molar-refractivity contribution in [3.63, 3.8) is 0 Å². The predicted octanol–water partition coefficient (Wildman–Crippen LogP) is 3.31. The van der Waals surface area contributed by atoms with Crippen LogP contribution in [0.1, 0.15) is 23.6 Å². The average molecular weight is 160 g/mol. The molecular formula is C11H12O. The highest BCUT2D eigenvalue weighted by atomic mass is 16.6. The zero-order valence-corrected chi connectivity index (χ0v) is 7.48. The Hall–Kier alpha value is -1.24. The van der Waals surface area contributed by atoms with Gasteiger partial charge in [0, 0.05) is 5.56 Å². The molecule has 0 spiro atoms. The Morgan fingerprint density at radius 1 is 1.50 bits per heavy atom. The molecule has 1 heterocycles. The lowest BCUT2D eigenvalue weighted by Gasteiger charge is -1.99. The smallest absolute Gasteiger partial charge is 0.177 e. The van der Waals surface area contributed by atoms with E-state index in [1.165, 1.54) is 16.7 Å². The van der Waals surface area contributed by atoms with E-state index < -0.39 is 0 Å². The summed E-state index contributed by atoms with van der Waals surface area (Å²) in [5.41, 5.74) is 3.75. The summed E-state index contributed by atoms with van der Waals surface area (Å²) in [6.45, 7) is 8.01. The quantitative estimate of drug-likeness (QED) is 0.614. The first-order chi connectivity index (χ1) is 5.77. The third-order valence-electron chi connectivity index (χ3n) is 2.29.